The molecule has 0 unspecified atom stereocenters. The Morgan fingerprint density at radius 1 is 0.919 bits per heavy atom. The highest BCUT2D eigenvalue weighted by Crippen LogP contribution is 2.29. The van der Waals surface area contributed by atoms with Gasteiger partial charge in [-0.25, -0.2) is 4.79 Å². The van der Waals surface area contributed by atoms with E-state index in [9.17, 15) is 18.0 Å². The first-order valence-corrected chi connectivity index (χ1v) is 12.0. The van der Waals surface area contributed by atoms with Gasteiger partial charge in [0.25, 0.3) is 0 Å². The first-order chi connectivity index (χ1) is 17.4. The highest BCUT2D eigenvalue weighted by molar-refractivity contribution is 5.96. The van der Waals surface area contributed by atoms with Gasteiger partial charge >= 0.3 is 12.1 Å². The number of carboxylic acid groups (broad SMARTS) is 1. The zero-order chi connectivity index (χ0) is 28.4. The Kier molecular flexibility index (Phi) is 15.8. The summed E-state index contributed by atoms with van der Waals surface area (Å²) in [5.74, 6) is 1.41. The zero-order valence-corrected chi connectivity index (χ0v) is 22.5. The standard InChI is InChI=1S/C13H16O2.C9H9F3.C7H8.C3H4/c1-4-11(10(3)13(14)15)12-8-6-5-7-9(12)2;1-2-7-4-3-5-8(6-7)9(10,11)12;1-7-5-3-2-4-6-7;1-3-2/h5-8H,4H2,1-3H3,(H,14,15);3-6H,2H2,1H3;2-6H,1H3;1H,2H3/b11-10+;;;. The number of benzene rings is 3. The Hall–Kier alpha value is -3.78. The van der Waals surface area contributed by atoms with Crippen LogP contribution in [0.3, 0.4) is 0 Å². The van der Waals surface area contributed by atoms with E-state index in [0.717, 1.165) is 29.2 Å². The molecule has 2 nitrogen and oxygen atoms in total. The molecule has 0 aliphatic carbocycles. The van der Waals surface area contributed by atoms with Crippen LogP contribution in [-0.4, -0.2) is 11.1 Å². The highest BCUT2D eigenvalue weighted by Gasteiger charge is 2.30. The smallest absolute Gasteiger partial charge is 0.416 e. The van der Waals surface area contributed by atoms with E-state index in [0.29, 0.717) is 17.6 Å². The Bertz CT molecular complexity index is 1150. The van der Waals surface area contributed by atoms with Crippen molar-refractivity contribution in [2.24, 2.45) is 0 Å². The van der Waals surface area contributed by atoms with Gasteiger partial charge in [0.1, 0.15) is 0 Å². The van der Waals surface area contributed by atoms with Crippen LogP contribution in [0, 0.1) is 26.2 Å². The molecule has 5 heteroatoms. The molecule has 0 atom stereocenters. The van der Waals surface area contributed by atoms with Crippen molar-refractivity contribution in [3.8, 4) is 12.3 Å². The minimum atomic E-state index is -4.22. The van der Waals surface area contributed by atoms with Gasteiger partial charge in [0.2, 0.25) is 0 Å². The van der Waals surface area contributed by atoms with Gasteiger partial charge in [-0.05, 0) is 68.9 Å². The number of hydrogen-bond acceptors (Lipinski definition) is 1. The summed E-state index contributed by atoms with van der Waals surface area (Å²) in [4.78, 5) is 10.9. The highest BCUT2D eigenvalue weighted by atomic mass is 19.4. The third kappa shape index (κ3) is 13.2. The van der Waals surface area contributed by atoms with E-state index < -0.39 is 17.7 Å². The van der Waals surface area contributed by atoms with Crippen molar-refractivity contribution in [2.75, 3.05) is 0 Å². The van der Waals surface area contributed by atoms with Gasteiger partial charge in [-0.15, -0.1) is 12.3 Å². The molecule has 0 saturated heterocycles. The molecule has 0 spiro atoms. The molecule has 0 bridgehead atoms. The quantitative estimate of drug-likeness (QED) is 0.281. The number of halogens is 3. The van der Waals surface area contributed by atoms with Crippen molar-refractivity contribution in [2.45, 2.75) is 60.6 Å². The first kappa shape index (κ1) is 33.2. The van der Waals surface area contributed by atoms with Gasteiger partial charge in [0.05, 0.1) is 5.56 Å². The second-order valence-electron chi connectivity index (χ2n) is 8.07. The number of terminal acetylenes is 1. The van der Waals surface area contributed by atoms with Crippen LogP contribution in [0.15, 0.2) is 84.4 Å². The maximum absolute atomic E-state index is 12.1. The van der Waals surface area contributed by atoms with Gasteiger partial charge in [-0.2, -0.15) is 13.2 Å². The van der Waals surface area contributed by atoms with Crippen LogP contribution in [-0.2, 0) is 17.4 Å². The Labute approximate surface area is 219 Å². The summed E-state index contributed by atoms with van der Waals surface area (Å²) in [6, 6.07) is 23.5. The van der Waals surface area contributed by atoms with Crippen molar-refractivity contribution < 1.29 is 23.1 Å². The summed E-state index contributed by atoms with van der Waals surface area (Å²) in [5.41, 5.74) is 4.98. The van der Waals surface area contributed by atoms with Crippen LogP contribution < -0.4 is 0 Å². The number of carbonyl (C=O) groups is 1. The van der Waals surface area contributed by atoms with Crippen molar-refractivity contribution in [3.63, 3.8) is 0 Å². The fourth-order valence-corrected chi connectivity index (χ4v) is 3.20. The lowest BCUT2D eigenvalue weighted by atomic mass is 9.95. The van der Waals surface area contributed by atoms with Crippen molar-refractivity contribution in [3.05, 3.63) is 112 Å². The molecule has 3 aromatic rings. The molecular weight excluding hydrogens is 473 g/mol. The molecule has 37 heavy (non-hydrogen) atoms. The fraction of sp³-hybridized carbons (Fsp3) is 0.281. The summed E-state index contributed by atoms with van der Waals surface area (Å²) in [5, 5.41) is 8.98. The average molecular weight is 511 g/mol. The first-order valence-electron chi connectivity index (χ1n) is 12.0. The third-order valence-corrected chi connectivity index (χ3v) is 5.20. The summed E-state index contributed by atoms with van der Waals surface area (Å²) in [7, 11) is 0. The molecule has 0 fully saturated rings. The molecule has 3 aromatic carbocycles. The van der Waals surface area contributed by atoms with E-state index in [-0.39, 0.29) is 0 Å². The molecule has 0 aromatic heterocycles. The van der Waals surface area contributed by atoms with Crippen LogP contribution in [0.5, 0.6) is 0 Å². The predicted octanol–water partition coefficient (Wildman–Crippen LogP) is 9.17. The lowest BCUT2D eigenvalue weighted by Crippen LogP contribution is -2.04. The number of alkyl halides is 3. The summed E-state index contributed by atoms with van der Waals surface area (Å²) >= 11 is 0. The van der Waals surface area contributed by atoms with E-state index in [1.165, 1.54) is 17.7 Å². The average Bonchev–Trinajstić information content (AvgIpc) is 2.87. The lowest BCUT2D eigenvalue weighted by Gasteiger charge is -2.10. The molecule has 0 amide bonds. The van der Waals surface area contributed by atoms with Crippen LogP contribution in [0.25, 0.3) is 5.57 Å². The normalized spacial score (nSPS) is 10.6. The van der Waals surface area contributed by atoms with Gasteiger partial charge in [-0.3, -0.25) is 0 Å². The van der Waals surface area contributed by atoms with Gasteiger partial charge in [0.15, 0.2) is 0 Å². The van der Waals surface area contributed by atoms with Crippen LogP contribution in [0.1, 0.15) is 61.9 Å². The zero-order valence-electron chi connectivity index (χ0n) is 22.5. The van der Waals surface area contributed by atoms with Gasteiger partial charge in [0, 0.05) is 5.57 Å². The molecule has 3 rings (SSSR count). The summed E-state index contributed by atoms with van der Waals surface area (Å²) in [6.45, 7) is 11.2. The van der Waals surface area contributed by atoms with Crippen LogP contribution >= 0.6 is 0 Å². The van der Waals surface area contributed by atoms with Crippen molar-refractivity contribution in [1.29, 1.82) is 0 Å². The number of rotatable bonds is 4. The van der Waals surface area contributed by atoms with E-state index in [2.05, 4.69) is 31.4 Å². The number of hydrogen-bond donors (Lipinski definition) is 1. The van der Waals surface area contributed by atoms with E-state index in [1.807, 2.05) is 63.2 Å². The van der Waals surface area contributed by atoms with Crippen molar-refractivity contribution in [1.82, 2.24) is 0 Å². The second kappa shape index (κ2) is 17.6. The Morgan fingerprint density at radius 3 is 1.86 bits per heavy atom. The fourth-order valence-electron chi connectivity index (χ4n) is 3.20. The number of aliphatic carboxylic acids is 1. The topological polar surface area (TPSA) is 37.3 Å². The molecule has 198 valence electrons. The van der Waals surface area contributed by atoms with Gasteiger partial charge < -0.3 is 5.11 Å². The summed E-state index contributed by atoms with van der Waals surface area (Å²) < 4.78 is 36.3. The molecular formula is C32H37F3O2. The lowest BCUT2D eigenvalue weighted by molar-refractivity contribution is -0.137. The van der Waals surface area contributed by atoms with E-state index in [1.54, 1.807) is 19.9 Å². The van der Waals surface area contributed by atoms with E-state index >= 15 is 0 Å². The minimum absolute atomic E-state index is 0.437. The largest absolute Gasteiger partial charge is 0.478 e. The SMILES string of the molecule is C#CC.CC/C(=C(/C)C(=O)O)c1ccccc1C.CCc1cccc(C(F)(F)F)c1.Cc1ccccc1. The molecule has 0 aliphatic rings. The monoisotopic (exact) mass is 510 g/mol. The number of allylic oxidation sites excluding steroid dienone is 1. The summed E-state index contributed by atoms with van der Waals surface area (Å²) in [6.07, 6.45) is 1.75. The molecule has 0 radical (unpaired) electrons. The maximum atomic E-state index is 12.1. The third-order valence-electron chi connectivity index (χ3n) is 5.20. The predicted molar refractivity (Wildman–Crippen MR) is 148 cm³/mol. The molecule has 0 saturated carbocycles. The Balaban J connectivity index is 0.000000523. The van der Waals surface area contributed by atoms with Crippen molar-refractivity contribution >= 4 is 11.5 Å². The number of aryl methyl sites for hydroxylation is 3. The molecule has 0 aliphatic heterocycles. The number of carboxylic acids is 1. The van der Waals surface area contributed by atoms with Gasteiger partial charge in [-0.1, -0.05) is 92.2 Å². The molecule has 0 heterocycles. The minimum Gasteiger partial charge on any atom is -0.478 e. The van der Waals surface area contributed by atoms with Crippen LogP contribution in [0.4, 0.5) is 13.2 Å². The molecule has 1 N–H and O–H groups in total. The second-order valence-corrected chi connectivity index (χ2v) is 8.07. The maximum Gasteiger partial charge on any atom is 0.416 e. The van der Waals surface area contributed by atoms with E-state index in [4.69, 9.17) is 5.11 Å². The Morgan fingerprint density at radius 2 is 1.46 bits per heavy atom. The van der Waals surface area contributed by atoms with Crippen LogP contribution in [0.2, 0.25) is 0 Å².